The maximum atomic E-state index is 12.8. The Labute approximate surface area is 155 Å². The van der Waals surface area contributed by atoms with E-state index in [1.807, 2.05) is 0 Å². The molecule has 2 saturated heterocycles. The van der Waals surface area contributed by atoms with Crippen molar-refractivity contribution in [1.29, 1.82) is 5.26 Å². The molecule has 4 heterocycles. The van der Waals surface area contributed by atoms with Crippen molar-refractivity contribution in [3.05, 3.63) is 24.2 Å². The Morgan fingerprint density at radius 1 is 1.56 bits per heavy atom. The van der Waals surface area contributed by atoms with Gasteiger partial charge in [-0.2, -0.15) is 10.4 Å². The summed E-state index contributed by atoms with van der Waals surface area (Å²) in [5.41, 5.74) is 6.26. The Kier molecular flexibility index (Phi) is 4.25. The fraction of sp³-hybridized carbons (Fsp3) is 0.562. The summed E-state index contributed by atoms with van der Waals surface area (Å²) in [6, 6.07) is 3.91. The summed E-state index contributed by atoms with van der Waals surface area (Å²) in [6.07, 6.45) is 0.660. The number of hydrogen-bond donors (Lipinski definition) is 1. The Morgan fingerprint density at radius 3 is 3.04 bits per heavy atom. The normalized spacial score (nSPS) is 36.0. The first kappa shape index (κ1) is 18.3. The largest absolute Gasteiger partial charge is 0.475 e. The number of phosphoric ester groups is 1. The lowest BCUT2D eigenvalue weighted by Crippen LogP contribution is -2.42. The number of nitrogens with zero attached hydrogens (tertiary/aromatic N) is 4. The van der Waals surface area contributed by atoms with Crippen LogP contribution in [0.25, 0.3) is 5.65 Å². The Bertz CT molecular complexity index is 972. The number of aromatic nitrogens is 3. The molecule has 144 valence electrons. The van der Waals surface area contributed by atoms with Gasteiger partial charge < -0.3 is 10.5 Å². The third-order valence-corrected chi connectivity index (χ3v) is 6.36. The predicted molar refractivity (Wildman–Crippen MR) is 93.4 cm³/mol. The van der Waals surface area contributed by atoms with E-state index in [1.165, 1.54) is 4.52 Å². The molecule has 2 aliphatic rings. The quantitative estimate of drug-likeness (QED) is 0.779. The van der Waals surface area contributed by atoms with Gasteiger partial charge in [0.1, 0.15) is 23.7 Å². The summed E-state index contributed by atoms with van der Waals surface area (Å²) < 4.78 is 36.7. The van der Waals surface area contributed by atoms with Crippen LogP contribution in [0.5, 0.6) is 0 Å². The zero-order chi connectivity index (χ0) is 19.4. The highest BCUT2D eigenvalue weighted by Crippen LogP contribution is 2.62. The number of fused-ring (bicyclic) bond motifs is 2. The molecule has 0 amide bonds. The van der Waals surface area contributed by atoms with Crippen molar-refractivity contribution in [2.45, 2.75) is 45.2 Å². The molecule has 0 saturated carbocycles. The van der Waals surface area contributed by atoms with Crippen LogP contribution in [0.2, 0.25) is 0 Å². The molecule has 0 bridgehead atoms. The minimum atomic E-state index is -3.78. The van der Waals surface area contributed by atoms with Crippen molar-refractivity contribution in [3.63, 3.8) is 0 Å². The van der Waals surface area contributed by atoms with Crippen LogP contribution in [0, 0.1) is 16.7 Å². The van der Waals surface area contributed by atoms with Crippen molar-refractivity contribution in [1.82, 2.24) is 14.6 Å². The lowest BCUT2D eigenvalue weighted by molar-refractivity contribution is -0.0640. The average Bonchev–Trinajstić information content (AvgIpc) is 3.15. The van der Waals surface area contributed by atoms with E-state index in [1.54, 1.807) is 39.2 Å². The Balaban J connectivity index is 1.73. The van der Waals surface area contributed by atoms with E-state index in [2.05, 4.69) is 16.2 Å². The summed E-state index contributed by atoms with van der Waals surface area (Å²) in [5, 5.41) is 14.2. The first-order valence-electron chi connectivity index (χ1n) is 8.53. The number of nitrogen functional groups attached to an aromatic ring is 1. The predicted octanol–water partition coefficient (Wildman–Crippen LogP) is 2.23. The van der Waals surface area contributed by atoms with Gasteiger partial charge in [0.25, 0.3) is 0 Å². The number of nitriles is 1. The minimum Gasteiger partial charge on any atom is -0.396 e. The summed E-state index contributed by atoms with van der Waals surface area (Å²) in [5.74, 6) is 0. The van der Waals surface area contributed by atoms with E-state index in [9.17, 15) is 9.83 Å². The molecule has 11 heteroatoms. The second kappa shape index (κ2) is 6.26. The zero-order valence-corrected chi connectivity index (χ0v) is 16.0. The molecule has 27 heavy (non-hydrogen) atoms. The fourth-order valence-electron chi connectivity index (χ4n) is 3.48. The van der Waals surface area contributed by atoms with Gasteiger partial charge in [0.2, 0.25) is 0 Å². The molecule has 2 N–H and O–H groups in total. The van der Waals surface area contributed by atoms with Crippen molar-refractivity contribution in [2.24, 2.45) is 5.41 Å². The molecule has 2 aromatic heterocycles. The van der Waals surface area contributed by atoms with Crippen LogP contribution in [0.1, 0.15) is 32.6 Å². The molecule has 5 atom stereocenters. The van der Waals surface area contributed by atoms with Crippen molar-refractivity contribution >= 4 is 19.2 Å². The van der Waals surface area contributed by atoms with Gasteiger partial charge in [-0.15, -0.1) is 0 Å². The molecule has 4 rings (SSSR count). The van der Waals surface area contributed by atoms with Crippen LogP contribution in [0.3, 0.4) is 0 Å². The molecule has 0 radical (unpaired) electrons. The van der Waals surface area contributed by atoms with Crippen LogP contribution in [-0.4, -0.2) is 39.5 Å². The lowest BCUT2D eigenvalue weighted by Gasteiger charge is -2.34. The van der Waals surface area contributed by atoms with Gasteiger partial charge >= 0.3 is 7.82 Å². The fourth-order valence-corrected chi connectivity index (χ4v) is 5.13. The molecule has 2 fully saturated rings. The highest BCUT2D eigenvalue weighted by atomic mass is 31.2. The van der Waals surface area contributed by atoms with Gasteiger partial charge in [-0.3, -0.25) is 13.6 Å². The number of anilines is 1. The highest BCUT2D eigenvalue weighted by Gasteiger charge is 2.61. The van der Waals surface area contributed by atoms with Gasteiger partial charge in [0, 0.05) is 0 Å². The second-order valence-electron chi connectivity index (χ2n) is 7.08. The Hall–Kier alpha value is -2.02. The standard InChI is InChI=1S/C16H20N5O5P/c1-9(2)25-27(22)23-7-12-14(26-27)16(3,8-17)13(24-12)11-6-19-15-10(18)4-5-20-21(11)15/h4-6,9,12-14H,7,18H2,1-3H3/t12-,13+,14-,16+,27+/m1/s1. The van der Waals surface area contributed by atoms with E-state index in [-0.39, 0.29) is 12.7 Å². The van der Waals surface area contributed by atoms with Crippen molar-refractivity contribution in [2.75, 3.05) is 12.3 Å². The Morgan fingerprint density at radius 2 is 2.33 bits per heavy atom. The summed E-state index contributed by atoms with van der Waals surface area (Å²) in [4.78, 5) is 4.28. The van der Waals surface area contributed by atoms with Gasteiger partial charge in [0.05, 0.1) is 42.6 Å². The van der Waals surface area contributed by atoms with Crippen LogP contribution in [0.15, 0.2) is 18.5 Å². The summed E-state index contributed by atoms with van der Waals surface area (Å²) >= 11 is 0. The molecule has 2 aliphatic heterocycles. The van der Waals surface area contributed by atoms with Gasteiger partial charge in [-0.05, 0) is 26.8 Å². The minimum absolute atomic E-state index is 0.00522. The number of hydrogen-bond acceptors (Lipinski definition) is 9. The maximum Gasteiger partial charge on any atom is 0.475 e. The van der Waals surface area contributed by atoms with Gasteiger partial charge in [-0.1, -0.05) is 0 Å². The first-order valence-corrected chi connectivity index (χ1v) is 9.99. The van der Waals surface area contributed by atoms with Crippen LogP contribution in [0.4, 0.5) is 5.69 Å². The molecule has 2 aromatic rings. The number of phosphoric acid groups is 1. The molecular formula is C16H20N5O5P. The lowest BCUT2D eigenvalue weighted by atomic mass is 9.80. The van der Waals surface area contributed by atoms with E-state index >= 15 is 0 Å². The molecule has 10 nitrogen and oxygen atoms in total. The SMILES string of the molecule is CC(C)O[P@]1(=O)OC[C@H]2O[C@@H](c3cnc4c(N)ccnn34)[C@](C)(C#N)[C@@H]2O1. The summed E-state index contributed by atoms with van der Waals surface area (Å²) in [7, 11) is -3.78. The number of rotatable bonds is 3. The zero-order valence-electron chi connectivity index (χ0n) is 15.1. The number of nitrogens with two attached hydrogens (primary N) is 1. The van der Waals surface area contributed by atoms with Crippen LogP contribution in [-0.2, 0) is 22.9 Å². The molecule has 0 spiro atoms. The molecule has 0 unspecified atom stereocenters. The first-order chi connectivity index (χ1) is 12.8. The van der Waals surface area contributed by atoms with Crippen molar-refractivity contribution in [3.8, 4) is 6.07 Å². The summed E-state index contributed by atoms with van der Waals surface area (Å²) in [6.45, 7) is 5.14. The monoisotopic (exact) mass is 393 g/mol. The van der Waals surface area contributed by atoms with Gasteiger partial charge in [0.15, 0.2) is 5.65 Å². The highest BCUT2D eigenvalue weighted by molar-refractivity contribution is 7.48. The molecule has 0 aromatic carbocycles. The van der Waals surface area contributed by atoms with E-state index in [0.717, 1.165) is 0 Å². The van der Waals surface area contributed by atoms with E-state index in [4.69, 9.17) is 24.0 Å². The number of imidazole rings is 1. The number of ether oxygens (including phenoxy) is 1. The van der Waals surface area contributed by atoms with E-state index in [0.29, 0.717) is 17.0 Å². The van der Waals surface area contributed by atoms with Gasteiger partial charge in [-0.25, -0.2) is 14.1 Å². The second-order valence-corrected chi connectivity index (χ2v) is 8.65. The van der Waals surface area contributed by atoms with E-state index < -0.39 is 31.5 Å². The third-order valence-electron chi connectivity index (χ3n) is 4.73. The third kappa shape index (κ3) is 2.83. The average molecular weight is 393 g/mol. The van der Waals surface area contributed by atoms with Crippen LogP contribution >= 0.6 is 7.82 Å². The topological polar surface area (TPSA) is 134 Å². The molecule has 0 aliphatic carbocycles. The smallest absolute Gasteiger partial charge is 0.396 e. The maximum absolute atomic E-state index is 12.8. The van der Waals surface area contributed by atoms with Crippen molar-refractivity contribution < 1.29 is 22.9 Å². The van der Waals surface area contributed by atoms with Crippen LogP contribution < -0.4 is 5.73 Å². The molecular weight excluding hydrogens is 373 g/mol.